The van der Waals surface area contributed by atoms with E-state index in [4.69, 9.17) is 0 Å². The molecule has 3 rings (SSSR count). The summed E-state index contributed by atoms with van der Waals surface area (Å²) < 4.78 is 1.96. The van der Waals surface area contributed by atoms with Crippen LogP contribution in [0.25, 0.3) is 16.7 Å². The van der Waals surface area contributed by atoms with E-state index < -0.39 is 0 Å². The topological polar surface area (TPSA) is 41.6 Å². The minimum atomic E-state index is 0.656. The van der Waals surface area contributed by atoms with E-state index >= 15 is 0 Å². The number of aryl methyl sites for hydroxylation is 1. The predicted octanol–water partition coefficient (Wildman–Crippen LogP) is 3.21. The van der Waals surface area contributed by atoms with E-state index in [1.807, 2.05) is 54.0 Å². The number of imidazole rings is 1. The Morgan fingerprint density at radius 1 is 1.17 bits per heavy atom. The lowest BCUT2D eigenvalue weighted by molar-refractivity contribution is 1.08. The van der Waals surface area contributed by atoms with Gasteiger partial charge in [-0.2, -0.15) is 5.26 Å². The summed E-state index contributed by atoms with van der Waals surface area (Å²) in [6, 6.07) is 15.9. The molecule has 3 heteroatoms. The van der Waals surface area contributed by atoms with Gasteiger partial charge in [-0.05, 0) is 36.8 Å². The molecule has 0 aliphatic carbocycles. The summed E-state index contributed by atoms with van der Waals surface area (Å²) in [4.78, 5) is 4.35. The zero-order valence-corrected chi connectivity index (χ0v) is 9.96. The van der Waals surface area contributed by atoms with E-state index in [0.717, 1.165) is 22.3 Å². The molecule has 1 heterocycles. The van der Waals surface area contributed by atoms with Crippen LogP contribution in [0.1, 0.15) is 11.1 Å². The lowest BCUT2D eigenvalue weighted by Crippen LogP contribution is -1.96. The molecule has 0 N–H and O–H groups in total. The van der Waals surface area contributed by atoms with Gasteiger partial charge in [-0.15, -0.1) is 0 Å². The molecule has 0 bridgehead atoms. The fourth-order valence-corrected chi connectivity index (χ4v) is 2.09. The van der Waals surface area contributed by atoms with Crippen molar-refractivity contribution in [3.05, 3.63) is 59.9 Å². The Kier molecular flexibility index (Phi) is 2.35. The normalized spacial score (nSPS) is 10.4. The molecule has 86 valence electrons. The van der Waals surface area contributed by atoms with Crippen LogP contribution in [0.3, 0.4) is 0 Å². The van der Waals surface area contributed by atoms with Gasteiger partial charge in [-0.1, -0.05) is 18.2 Å². The van der Waals surface area contributed by atoms with Gasteiger partial charge in [-0.3, -0.25) is 4.57 Å². The quantitative estimate of drug-likeness (QED) is 0.647. The Labute approximate surface area is 105 Å². The molecule has 0 fully saturated rings. The second-order valence-electron chi connectivity index (χ2n) is 4.24. The van der Waals surface area contributed by atoms with E-state index in [1.165, 1.54) is 0 Å². The highest BCUT2D eigenvalue weighted by molar-refractivity contribution is 5.78. The second kappa shape index (κ2) is 4.01. The van der Waals surface area contributed by atoms with Crippen molar-refractivity contribution in [2.45, 2.75) is 6.92 Å². The molecule has 0 aliphatic heterocycles. The van der Waals surface area contributed by atoms with Crippen molar-refractivity contribution < 1.29 is 0 Å². The second-order valence-corrected chi connectivity index (χ2v) is 4.24. The molecule has 2 aromatic carbocycles. The molecule has 0 aliphatic rings. The summed E-state index contributed by atoms with van der Waals surface area (Å²) in [7, 11) is 0. The third-order valence-electron chi connectivity index (χ3n) is 2.99. The van der Waals surface area contributed by atoms with Crippen molar-refractivity contribution in [2.24, 2.45) is 0 Å². The van der Waals surface area contributed by atoms with Crippen molar-refractivity contribution in [1.29, 1.82) is 5.26 Å². The Hall–Kier alpha value is -2.60. The van der Waals surface area contributed by atoms with Gasteiger partial charge in [0.25, 0.3) is 0 Å². The highest BCUT2D eigenvalue weighted by atomic mass is 15.0. The lowest BCUT2D eigenvalue weighted by atomic mass is 10.1. The summed E-state index contributed by atoms with van der Waals surface area (Å²) in [6.07, 6.45) is 1.76. The lowest BCUT2D eigenvalue weighted by Gasteiger charge is -2.07. The number of para-hydroxylation sites is 2. The van der Waals surface area contributed by atoms with Crippen LogP contribution in [0.15, 0.2) is 48.8 Å². The molecular formula is C15H11N3. The van der Waals surface area contributed by atoms with Crippen LogP contribution in [-0.4, -0.2) is 9.55 Å². The predicted molar refractivity (Wildman–Crippen MR) is 70.5 cm³/mol. The fraction of sp³-hybridized carbons (Fsp3) is 0.0667. The largest absolute Gasteiger partial charge is 0.298 e. The molecule has 3 aromatic rings. The molecule has 0 radical (unpaired) electrons. The van der Waals surface area contributed by atoms with Gasteiger partial charge in [-0.25, -0.2) is 4.98 Å². The monoisotopic (exact) mass is 233 g/mol. The number of nitriles is 1. The highest BCUT2D eigenvalue weighted by Crippen LogP contribution is 2.21. The molecule has 3 nitrogen and oxygen atoms in total. The van der Waals surface area contributed by atoms with Crippen molar-refractivity contribution in [3.8, 4) is 11.8 Å². The number of hydrogen-bond donors (Lipinski definition) is 0. The minimum absolute atomic E-state index is 0.656. The van der Waals surface area contributed by atoms with Gasteiger partial charge < -0.3 is 0 Å². The number of aromatic nitrogens is 2. The molecule has 0 atom stereocenters. The van der Waals surface area contributed by atoms with Gasteiger partial charge in [0.2, 0.25) is 0 Å². The van der Waals surface area contributed by atoms with Gasteiger partial charge in [0, 0.05) is 0 Å². The summed E-state index contributed by atoms with van der Waals surface area (Å²) >= 11 is 0. The minimum Gasteiger partial charge on any atom is -0.298 e. The first-order chi connectivity index (χ1) is 8.79. The van der Waals surface area contributed by atoms with Gasteiger partial charge in [0.15, 0.2) is 0 Å². The van der Waals surface area contributed by atoms with Crippen molar-refractivity contribution >= 4 is 11.0 Å². The molecule has 0 unspecified atom stereocenters. The van der Waals surface area contributed by atoms with E-state index in [9.17, 15) is 5.26 Å². The first kappa shape index (κ1) is 10.5. The maximum Gasteiger partial charge on any atom is 0.101 e. The van der Waals surface area contributed by atoms with E-state index in [2.05, 4.69) is 11.1 Å². The zero-order valence-electron chi connectivity index (χ0n) is 9.96. The third kappa shape index (κ3) is 1.56. The summed E-state index contributed by atoms with van der Waals surface area (Å²) in [6.45, 7) is 2.02. The summed E-state index contributed by atoms with van der Waals surface area (Å²) in [5, 5.41) is 9.20. The molecular weight excluding hydrogens is 222 g/mol. The number of rotatable bonds is 1. The van der Waals surface area contributed by atoms with Crippen LogP contribution in [0, 0.1) is 18.3 Å². The summed E-state index contributed by atoms with van der Waals surface area (Å²) in [5.41, 5.74) is 4.61. The maximum atomic E-state index is 9.20. The van der Waals surface area contributed by atoms with Crippen LogP contribution in [0.5, 0.6) is 0 Å². The Morgan fingerprint density at radius 3 is 2.83 bits per heavy atom. The van der Waals surface area contributed by atoms with Crippen molar-refractivity contribution in [3.63, 3.8) is 0 Å². The standard InChI is InChI=1S/C15H11N3/c1-11-6-7-12(9-16)15(8-11)18-10-17-13-4-2-3-5-14(13)18/h2-8,10H,1H3. The van der Waals surface area contributed by atoms with Gasteiger partial charge in [0.05, 0.1) is 22.3 Å². The molecule has 0 spiro atoms. The van der Waals surface area contributed by atoms with Gasteiger partial charge in [0.1, 0.15) is 12.4 Å². The van der Waals surface area contributed by atoms with Gasteiger partial charge >= 0.3 is 0 Å². The molecule has 0 saturated carbocycles. The van der Waals surface area contributed by atoms with Crippen LogP contribution < -0.4 is 0 Å². The fourth-order valence-electron chi connectivity index (χ4n) is 2.09. The SMILES string of the molecule is Cc1ccc(C#N)c(-n2cnc3ccccc32)c1. The first-order valence-electron chi connectivity index (χ1n) is 5.73. The number of benzene rings is 2. The maximum absolute atomic E-state index is 9.20. The van der Waals surface area contributed by atoms with Crippen molar-refractivity contribution in [2.75, 3.05) is 0 Å². The Balaban J connectivity index is 2.33. The van der Waals surface area contributed by atoms with Crippen LogP contribution in [0.2, 0.25) is 0 Å². The van der Waals surface area contributed by atoms with E-state index in [1.54, 1.807) is 6.33 Å². The Morgan fingerprint density at radius 2 is 2.00 bits per heavy atom. The molecule has 1 aromatic heterocycles. The summed E-state index contributed by atoms with van der Waals surface area (Å²) in [5.74, 6) is 0. The van der Waals surface area contributed by atoms with E-state index in [0.29, 0.717) is 5.56 Å². The van der Waals surface area contributed by atoms with Crippen LogP contribution >= 0.6 is 0 Å². The molecule has 18 heavy (non-hydrogen) atoms. The third-order valence-corrected chi connectivity index (χ3v) is 2.99. The smallest absolute Gasteiger partial charge is 0.101 e. The van der Waals surface area contributed by atoms with E-state index in [-0.39, 0.29) is 0 Å². The van der Waals surface area contributed by atoms with Crippen molar-refractivity contribution in [1.82, 2.24) is 9.55 Å². The number of fused-ring (bicyclic) bond motifs is 1. The van der Waals surface area contributed by atoms with Crippen LogP contribution in [0.4, 0.5) is 0 Å². The van der Waals surface area contributed by atoms with Crippen LogP contribution in [-0.2, 0) is 0 Å². The molecule has 0 amide bonds. The first-order valence-corrected chi connectivity index (χ1v) is 5.73. The average Bonchev–Trinajstić information content (AvgIpc) is 2.82. The Bertz CT molecular complexity index is 763. The highest BCUT2D eigenvalue weighted by Gasteiger charge is 2.08. The molecule has 0 saturated heterocycles. The number of nitrogens with zero attached hydrogens (tertiary/aromatic N) is 3. The number of hydrogen-bond acceptors (Lipinski definition) is 2. The zero-order chi connectivity index (χ0) is 12.5. The average molecular weight is 233 g/mol.